The minimum absolute atomic E-state index is 0.00897. The van der Waals surface area contributed by atoms with E-state index in [1.165, 1.54) is 92.6 Å². The minimum Gasteiger partial charge on any atom is -0.343 e. The first-order valence-electron chi connectivity index (χ1n) is 33.2. The largest absolute Gasteiger partial charge is 0.343 e. The Hall–Kier alpha value is -6.41. The molecule has 2 saturated heterocycles. The summed E-state index contributed by atoms with van der Waals surface area (Å²) in [6.45, 7) is 15.3. The Morgan fingerprint density at radius 1 is 0.609 bits per heavy atom. The highest BCUT2D eigenvalue weighted by Gasteiger charge is 2.44. The number of rotatable bonds is 14. The standard InChI is InChI=1S/C67H109IN12O12/c1-17-19-30-48-62(88)79(16)67(8,9)66(92)71-50(33-42(3)4)61(87)78(15)53(64(90)80-31-23-20-24-32-80)38-55(82)76(13)51(34-43(5)6)60(86)72-58(44(7)18-2)65(91)75(12)40-56(83)73(10)41-57(84)77(14)52(37-45-26-21-22-27-45)63(89)74(11)39-54(81)69-49(59(85)70-48)36-46-28-25-29-47(68)35-46/h25,28-29,35,42-45,48-53,58H,17-24,26-27,30-34,36-41H2,1-16H3,(H,69,81)(H,70,85)(H,71,92)(H,72,86)/t44-,48-,49-,50-,51-,52-,53-,58-/m0/s1. The van der Waals surface area contributed by atoms with Gasteiger partial charge in [0.15, 0.2) is 0 Å². The fourth-order valence-corrected chi connectivity index (χ4v) is 12.8. The SMILES string of the molecule is CCCC[C@@H]1NC(=O)[C@H](Cc2cccc(I)c2)NC(=O)CN(C)C(=O)[C@H](CC2CCCC2)N(C)C(=O)CN(C)C(=O)CN(C)C(=O)[C@H]([C@@H](C)CC)NC(=O)[C@H](CC(C)C)N(C)C(=O)C[C@@H](C(=O)N2CCCCC2)N(C)C(=O)[C@H](CC(C)C)NC(=O)C(C)(C)N(C)C1=O. The highest BCUT2D eigenvalue weighted by molar-refractivity contribution is 14.1. The molecule has 1 aromatic rings. The van der Waals surface area contributed by atoms with Crippen LogP contribution in [0.2, 0.25) is 0 Å². The van der Waals surface area contributed by atoms with Gasteiger partial charge in [-0.15, -0.1) is 0 Å². The summed E-state index contributed by atoms with van der Waals surface area (Å²) in [6, 6.07) is -1.15. The molecule has 1 aliphatic carbocycles. The van der Waals surface area contributed by atoms with Crippen molar-refractivity contribution in [2.24, 2.45) is 23.7 Å². The topological polar surface area (TPSA) is 279 Å². The summed E-state index contributed by atoms with van der Waals surface area (Å²) in [5.74, 6) is -8.25. The number of nitrogens with zero attached hydrogens (tertiary/aromatic N) is 8. The van der Waals surface area contributed by atoms with E-state index >= 15 is 4.79 Å². The summed E-state index contributed by atoms with van der Waals surface area (Å²) in [5, 5.41) is 11.5. The van der Waals surface area contributed by atoms with Crippen molar-refractivity contribution in [2.45, 2.75) is 213 Å². The normalized spacial score (nSPS) is 25.3. The second kappa shape index (κ2) is 36.3. The van der Waals surface area contributed by atoms with E-state index in [4.69, 9.17) is 0 Å². The highest BCUT2D eigenvalue weighted by Crippen LogP contribution is 2.31. The van der Waals surface area contributed by atoms with Gasteiger partial charge in [0.05, 0.1) is 26.1 Å². The van der Waals surface area contributed by atoms with Crippen molar-refractivity contribution in [3.63, 3.8) is 0 Å². The molecule has 0 aromatic heterocycles. The van der Waals surface area contributed by atoms with E-state index in [1.54, 1.807) is 17.9 Å². The predicted octanol–water partition coefficient (Wildman–Crippen LogP) is 4.19. The molecule has 0 radical (unpaired) electrons. The molecule has 0 spiro atoms. The first-order valence-corrected chi connectivity index (χ1v) is 34.3. The van der Waals surface area contributed by atoms with E-state index in [-0.39, 0.29) is 49.9 Å². The number of likely N-dealkylation sites (N-methyl/N-ethyl adjacent to an activating group) is 7. The van der Waals surface area contributed by atoms with Gasteiger partial charge in [0, 0.05) is 72.4 Å². The maximum absolute atomic E-state index is 15.1. The van der Waals surface area contributed by atoms with E-state index < -0.39 is 151 Å². The molecular formula is C67H109IN12O12. The smallest absolute Gasteiger partial charge is 0.246 e. The summed E-state index contributed by atoms with van der Waals surface area (Å²) in [7, 11) is 10.0. The van der Waals surface area contributed by atoms with Gasteiger partial charge in [-0.2, -0.15) is 0 Å². The van der Waals surface area contributed by atoms with Gasteiger partial charge >= 0.3 is 0 Å². The van der Waals surface area contributed by atoms with Crippen LogP contribution in [-0.2, 0) is 64.0 Å². The zero-order chi connectivity index (χ0) is 69.1. The van der Waals surface area contributed by atoms with Crippen LogP contribution >= 0.6 is 22.6 Å². The molecule has 25 heteroatoms. The number of carbonyl (C=O) groups excluding carboxylic acids is 12. The highest BCUT2D eigenvalue weighted by atomic mass is 127. The number of hydrogen-bond acceptors (Lipinski definition) is 12. The first-order chi connectivity index (χ1) is 43.1. The van der Waals surface area contributed by atoms with Gasteiger partial charge in [-0.05, 0) is 123 Å². The quantitative estimate of drug-likeness (QED) is 0.191. The average molecular weight is 1400 g/mol. The van der Waals surface area contributed by atoms with Gasteiger partial charge in [0.25, 0.3) is 0 Å². The van der Waals surface area contributed by atoms with Crippen molar-refractivity contribution >= 4 is 93.5 Å². The summed E-state index contributed by atoms with van der Waals surface area (Å²) in [6.07, 6.45) is 7.53. The zero-order valence-electron chi connectivity index (χ0n) is 57.9. The summed E-state index contributed by atoms with van der Waals surface area (Å²) in [4.78, 5) is 186. The van der Waals surface area contributed by atoms with E-state index in [1.807, 2.05) is 59.7 Å². The number of halogens is 1. The molecule has 1 aromatic carbocycles. The molecule has 0 unspecified atom stereocenters. The van der Waals surface area contributed by atoms with Gasteiger partial charge < -0.3 is 60.5 Å². The van der Waals surface area contributed by atoms with Crippen LogP contribution in [0.25, 0.3) is 0 Å². The van der Waals surface area contributed by atoms with Crippen molar-refractivity contribution in [2.75, 3.05) is 82.1 Å². The molecule has 8 atom stereocenters. The molecule has 12 amide bonds. The third-order valence-corrected chi connectivity index (χ3v) is 19.4. The molecule has 92 heavy (non-hydrogen) atoms. The summed E-state index contributed by atoms with van der Waals surface area (Å²) < 4.78 is 0.865. The van der Waals surface area contributed by atoms with Crippen LogP contribution < -0.4 is 21.3 Å². The van der Waals surface area contributed by atoms with Gasteiger partial charge in [-0.25, -0.2) is 0 Å². The Bertz CT molecular complexity index is 2750. The van der Waals surface area contributed by atoms with Crippen molar-refractivity contribution < 1.29 is 57.5 Å². The third kappa shape index (κ3) is 22.1. The fourth-order valence-electron chi connectivity index (χ4n) is 12.1. The minimum atomic E-state index is -1.67. The maximum atomic E-state index is 15.1. The number of likely N-dealkylation sites (tertiary alicyclic amines) is 1. The van der Waals surface area contributed by atoms with Crippen molar-refractivity contribution in [1.29, 1.82) is 0 Å². The second-order valence-corrected chi connectivity index (χ2v) is 28.6. The molecule has 24 nitrogen and oxygen atoms in total. The molecule has 1 saturated carbocycles. The van der Waals surface area contributed by atoms with Crippen LogP contribution in [0, 0.1) is 27.2 Å². The molecule has 3 fully saturated rings. The summed E-state index contributed by atoms with van der Waals surface area (Å²) >= 11 is 2.14. The monoisotopic (exact) mass is 1400 g/mol. The molecule has 0 bridgehead atoms. The van der Waals surface area contributed by atoms with Crippen LogP contribution in [-0.4, -0.2) is 240 Å². The maximum Gasteiger partial charge on any atom is 0.246 e. The van der Waals surface area contributed by atoms with Crippen molar-refractivity contribution in [1.82, 2.24) is 60.5 Å². The number of unbranched alkanes of at least 4 members (excludes halogenated alkanes) is 1. The van der Waals surface area contributed by atoms with Gasteiger partial charge in [-0.1, -0.05) is 106 Å². The molecule has 3 aliphatic rings. The first kappa shape index (κ1) is 78.0. The Morgan fingerprint density at radius 3 is 1.79 bits per heavy atom. The third-order valence-electron chi connectivity index (χ3n) is 18.7. The van der Waals surface area contributed by atoms with Crippen LogP contribution in [0.5, 0.6) is 0 Å². The van der Waals surface area contributed by atoms with E-state index in [0.29, 0.717) is 50.8 Å². The van der Waals surface area contributed by atoms with Gasteiger partial charge in [0.2, 0.25) is 70.9 Å². The molecule has 516 valence electrons. The number of benzene rings is 1. The lowest BCUT2D eigenvalue weighted by atomic mass is 9.95. The van der Waals surface area contributed by atoms with Crippen molar-refractivity contribution in [3.8, 4) is 0 Å². The number of amides is 12. The number of hydrogen-bond donors (Lipinski definition) is 4. The number of carbonyl (C=O) groups is 12. The van der Waals surface area contributed by atoms with Gasteiger partial charge in [-0.3, -0.25) is 57.5 Å². The Morgan fingerprint density at radius 2 is 1.21 bits per heavy atom. The molecule has 2 aliphatic heterocycles. The lowest BCUT2D eigenvalue weighted by Crippen LogP contribution is -2.63. The average Bonchev–Trinajstić information content (AvgIpc) is 0.865. The molecule has 2 heterocycles. The fraction of sp³-hybridized carbons (Fsp3) is 0.731. The predicted molar refractivity (Wildman–Crippen MR) is 360 cm³/mol. The van der Waals surface area contributed by atoms with Crippen LogP contribution in [0.4, 0.5) is 0 Å². The van der Waals surface area contributed by atoms with Crippen LogP contribution in [0.15, 0.2) is 24.3 Å². The molecule has 4 N–H and O–H groups in total. The molecular weight excluding hydrogens is 1290 g/mol. The van der Waals surface area contributed by atoms with Crippen LogP contribution in [0.3, 0.4) is 0 Å². The lowest BCUT2D eigenvalue weighted by Gasteiger charge is -2.39. The van der Waals surface area contributed by atoms with E-state index in [2.05, 4.69) is 43.9 Å². The summed E-state index contributed by atoms with van der Waals surface area (Å²) in [5.41, 5.74) is -0.983. The number of piperidine rings is 1. The lowest BCUT2D eigenvalue weighted by molar-refractivity contribution is -0.152. The molecule has 4 rings (SSSR count). The number of nitrogens with one attached hydrogen (secondary N) is 4. The Kier molecular flexibility index (Phi) is 30.8. The zero-order valence-corrected chi connectivity index (χ0v) is 60.0. The van der Waals surface area contributed by atoms with E-state index in [9.17, 15) is 52.7 Å². The Balaban J connectivity index is 1.86. The van der Waals surface area contributed by atoms with Gasteiger partial charge in [0.1, 0.15) is 47.8 Å². The second-order valence-electron chi connectivity index (χ2n) is 27.4. The van der Waals surface area contributed by atoms with Crippen molar-refractivity contribution in [3.05, 3.63) is 33.4 Å². The van der Waals surface area contributed by atoms with E-state index in [0.717, 1.165) is 40.6 Å². The van der Waals surface area contributed by atoms with Crippen LogP contribution in [0.1, 0.15) is 164 Å². The Labute approximate surface area is 560 Å².